The molecule has 0 aliphatic rings. The summed E-state index contributed by atoms with van der Waals surface area (Å²) in [5.41, 5.74) is -0.325. The monoisotopic (exact) mass is 242 g/mol. The van der Waals surface area contributed by atoms with Crippen molar-refractivity contribution in [3.8, 4) is 6.07 Å². The summed E-state index contributed by atoms with van der Waals surface area (Å²) >= 11 is 5.69. The number of nitro groups is 1. The molecule has 0 spiro atoms. The molecule has 0 saturated carbocycles. The van der Waals surface area contributed by atoms with Crippen LogP contribution in [0.4, 0.5) is 5.69 Å². The molecule has 0 aliphatic heterocycles. The number of hydrogen-bond donors (Lipinski definition) is 2. The molecular formula is C9H7ClN2O4. The summed E-state index contributed by atoms with van der Waals surface area (Å²) in [6.07, 6.45) is -3.25. The summed E-state index contributed by atoms with van der Waals surface area (Å²) in [5, 5.41) is 37.5. The van der Waals surface area contributed by atoms with Crippen molar-refractivity contribution in [2.75, 3.05) is 0 Å². The van der Waals surface area contributed by atoms with Crippen molar-refractivity contribution in [3.63, 3.8) is 0 Å². The van der Waals surface area contributed by atoms with Crippen LogP contribution >= 0.6 is 11.6 Å². The van der Waals surface area contributed by atoms with Gasteiger partial charge < -0.3 is 10.2 Å². The van der Waals surface area contributed by atoms with E-state index in [1.807, 2.05) is 0 Å². The fraction of sp³-hybridized carbons (Fsp3) is 0.222. The van der Waals surface area contributed by atoms with Gasteiger partial charge in [0.15, 0.2) is 6.10 Å². The quantitative estimate of drug-likeness (QED) is 0.470. The Hall–Kier alpha value is -1.68. The zero-order chi connectivity index (χ0) is 12.3. The Morgan fingerprint density at radius 3 is 2.62 bits per heavy atom. The third kappa shape index (κ3) is 2.46. The van der Waals surface area contributed by atoms with E-state index in [2.05, 4.69) is 0 Å². The maximum Gasteiger partial charge on any atom is 0.269 e. The van der Waals surface area contributed by atoms with Crippen LogP contribution in [-0.4, -0.2) is 21.2 Å². The molecule has 0 radical (unpaired) electrons. The van der Waals surface area contributed by atoms with Gasteiger partial charge in [0, 0.05) is 22.7 Å². The molecule has 6 nitrogen and oxygen atoms in total. The van der Waals surface area contributed by atoms with Crippen LogP contribution in [0.3, 0.4) is 0 Å². The standard InChI is InChI=1S/C9H7ClN2O4/c10-7-2-1-5(12(15)16)3-6(7)9(14)8(13)4-11/h1-3,8-9,13-14H. The van der Waals surface area contributed by atoms with E-state index in [1.54, 1.807) is 0 Å². The number of nitriles is 1. The highest BCUT2D eigenvalue weighted by Gasteiger charge is 2.22. The van der Waals surface area contributed by atoms with E-state index in [-0.39, 0.29) is 16.3 Å². The van der Waals surface area contributed by atoms with Crippen LogP contribution in [0.5, 0.6) is 0 Å². The van der Waals surface area contributed by atoms with Gasteiger partial charge in [-0.2, -0.15) is 5.26 Å². The average Bonchev–Trinajstić information content (AvgIpc) is 2.27. The summed E-state index contributed by atoms with van der Waals surface area (Å²) < 4.78 is 0. The highest BCUT2D eigenvalue weighted by molar-refractivity contribution is 6.31. The number of benzene rings is 1. The molecule has 1 aromatic rings. The molecule has 2 N–H and O–H groups in total. The fourth-order valence-electron chi connectivity index (χ4n) is 1.11. The van der Waals surface area contributed by atoms with Gasteiger partial charge in [-0.25, -0.2) is 0 Å². The summed E-state index contributed by atoms with van der Waals surface area (Å²) in [6.45, 7) is 0. The number of halogens is 1. The highest BCUT2D eigenvalue weighted by atomic mass is 35.5. The SMILES string of the molecule is N#CC(O)C(O)c1cc([N+](=O)[O-])ccc1Cl. The van der Waals surface area contributed by atoms with Gasteiger partial charge in [-0.15, -0.1) is 0 Å². The van der Waals surface area contributed by atoms with Gasteiger partial charge in [-0.1, -0.05) is 11.6 Å². The van der Waals surface area contributed by atoms with Crippen molar-refractivity contribution in [2.24, 2.45) is 0 Å². The molecule has 1 aromatic carbocycles. The predicted octanol–water partition coefficient (Wildman–Crippen LogP) is 1.17. The zero-order valence-corrected chi connectivity index (χ0v) is 8.63. The molecule has 16 heavy (non-hydrogen) atoms. The Morgan fingerprint density at radius 2 is 2.12 bits per heavy atom. The number of aliphatic hydroxyl groups is 2. The predicted molar refractivity (Wildman–Crippen MR) is 54.7 cm³/mol. The molecule has 1 rings (SSSR count). The molecule has 84 valence electrons. The number of aliphatic hydroxyl groups excluding tert-OH is 2. The first-order valence-corrected chi connectivity index (χ1v) is 4.54. The van der Waals surface area contributed by atoms with Crippen LogP contribution in [0.15, 0.2) is 18.2 Å². The number of nitrogens with zero attached hydrogens (tertiary/aromatic N) is 2. The Balaban J connectivity index is 3.17. The maximum atomic E-state index is 10.5. The second-order valence-corrected chi connectivity index (χ2v) is 3.39. The lowest BCUT2D eigenvalue weighted by Crippen LogP contribution is -2.16. The minimum absolute atomic E-state index is 0.0485. The molecule has 2 unspecified atom stereocenters. The first-order valence-electron chi connectivity index (χ1n) is 4.17. The molecule has 0 aromatic heterocycles. The van der Waals surface area contributed by atoms with Crippen molar-refractivity contribution in [3.05, 3.63) is 38.9 Å². The Labute approximate surface area is 95.5 Å². The average molecular weight is 243 g/mol. The molecular weight excluding hydrogens is 236 g/mol. The lowest BCUT2D eigenvalue weighted by Gasteiger charge is -2.13. The number of hydrogen-bond acceptors (Lipinski definition) is 5. The van der Waals surface area contributed by atoms with Gasteiger partial charge in [0.25, 0.3) is 5.69 Å². The van der Waals surface area contributed by atoms with Gasteiger partial charge in [-0.05, 0) is 6.07 Å². The Bertz CT molecular complexity index is 457. The molecule has 0 heterocycles. The van der Waals surface area contributed by atoms with Crippen LogP contribution in [0.2, 0.25) is 5.02 Å². The van der Waals surface area contributed by atoms with E-state index in [0.717, 1.165) is 12.1 Å². The van der Waals surface area contributed by atoms with Crippen molar-refractivity contribution in [1.29, 1.82) is 5.26 Å². The lowest BCUT2D eigenvalue weighted by atomic mass is 10.0. The fourth-order valence-corrected chi connectivity index (χ4v) is 1.34. The summed E-state index contributed by atoms with van der Waals surface area (Å²) in [7, 11) is 0. The van der Waals surface area contributed by atoms with E-state index in [0.29, 0.717) is 0 Å². The molecule has 7 heteroatoms. The second-order valence-electron chi connectivity index (χ2n) is 2.98. The Kier molecular flexibility index (Phi) is 3.79. The van der Waals surface area contributed by atoms with E-state index < -0.39 is 17.1 Å². The largest absolute Gasteiger partial charge is 0.384 e. The van der Waals surface area contributed by atoms with E-state index in [9.17, 15) is 15.2 Å². The van der Waals surface area contributed by atoms with Crippen LogP contribution in [-0.2, 0) is 0 Å². The lowest BCUT2D eigenvalue weighted by molar-refractivity contribution is -0.385. The van der Waals surface area contributed by atoms with Crippen molar-refractivity contribution in [1.82, 2.24) is 0 Å². The maximum absolute atomic E-state index is 10.5. The Morgan fingerprint density at radius 1 is 1.50 bits per heavy atom. The molecule has 0 amide bonds. The van der Waals surface area contributed by atoms with Gasteiger partial charge in [0.1, 0.15) is 6.10 Å². The van der Waals surface area contributed by atoms with Gasteiger partial charge >= 0.3 is 0 Å². The van der Waals surface area contributed by atoms with E-state index >= 15 is 0 Å². The van der Waals surface area contributed by atoms with Crippen LogP contribution in [0.25, 0.3) is 0 Å². The third-order valence-corrected chi connectivity index (χ3v) is 2.28. The van der Waals surface area contributed by atoms with Crippen LogP contribution in [0.1, 0.15) is 11.7 Å². The summed E-state index contributed by atoms with van der Waals surface area (Å²) in [4.78, 5) is 9.82. The highest BCUT2D eigenvalue weighted by Crippen LogP contribution is 2.28. The smallest absolute Gasteiger partial charge is 0.269 e. The van der Waals surface area contributed by atoms with E-state index in [4.69, 9.17) is 22.0 Å². The molecule has 0 saturated heterocycles. The number of non-ortho nitro benzene ring substituents is 1. The van der Waals surface area contributed by atoms with Gasteiger partial charge in [-0.3, -0.25) is 10.1 Å². The van der Waals surface area contributed by atoms with Crippen molar-refractivity contribution in [2.45, 2.75) is 12.2 Å². The molecule has 2 atom stereocenters. The van der Waals surface area contributed by atoms with Crippen molar-refractivity contribution >= 4 is 17.3 Å². The van der Waals surface area contributed by atoms with E-state index in [1.165, 1.54) is 12.1 Å². The first kappa shape index (κ1) is 12.4. The van der Waals surface area contributed by atoms with Crippen LogP contribution in [0, 0.1) is 21.4 Å². The minimum Gasteiger partial charge on any atom is -0.384 e. The molecule has 0 aliphatic carbocycles. The topological polar surface area (TPSA) is 107 Å². The molecule has 0 bridgehead atoms. The van der Waals surface area contributed by atoms with Gasteiger partial charge in [0.2, 0.25) is 0 Å². The summed E-state index contributed by atoms with van der Waals surface area (Å²) in [5.74, 6) is 0. The third-order valence-electron chi connectivity index (χ3n) is 1.94. The summed E-state index contributed by atoms with van der Waals surface area (Å²) in [6, 6.07) is 4.83. The normalized spacial score (nSPS) is 13.9. The second kappa shape index (κ2) is 4.90. The van der Waals surface area contributed by atoms with Gasteiger partial charge in [0.05, 0.1) is 11.0 Å². The molecule has 0 fully saturated rings. The number of nitro benzene ring substituents is 1. The van der Waals surface area contributed by atoms with Crippen molar-refractivity contribution < 1.29 is 15.1 Å². The zero-order valence-electron chi connectivity index (χ0n) is 7.87. The van der Waals surface area contributed by atoms with Crippen LogP contribution < -0.4 is 0 Å². The number of rotatable bonds is 3. The first-order chi connectivity index (χ1) is 7.47. The minimum atomic E-state index is -1.68.